The summed E-state index contributed by atoms with van der Waals surface area (Å²) in [6, 6.07) is 4.42. The van der Waals surface area contributed by atoms with Crippen LogP contribution in [0.25, 0.3) is 0 Å². The fraction of sp³-hybridized carbons (Fsp3) is 0.400. The molecule has 1 aromatic carbocycles. The molecule has 0 radical (unpaired) electrons. The van der Waals surface area contributed by atoms with Crippen LogP contribution in [0, 0.1) is 5.82 Å². The molecule has 14 heavy (non-hydrogen) atoms. The third kappa shape index (κ3) is 1.86. The Morgan fingerprint density at radius 1 is 1.50 bits per heavy atom. The number of aromatic hydroxyl groups is 1. The average Bonchev–Trinajstić information content (AvgIpc) is 2.23. The van der Waals surface area contributed by atoms with Crippen LogP contribution < -0.4 is 5.32 Å². The minimum Gasteiger partial charge on any atom is -0.505 e. The van der Waals surface area contributed by atoms with Gasteiger partial charge in [-0.2, -0.15) is 0 Å². The van der Waals surface area contributed by atoms with Gasteiger partial charge in [-0.25, -0.2) is 4.39 Å². The fourth-order valence-corrected chi connectivity index (χ4v) is 1.52. The average molecular weight is 197 g/mol. The van der Waals surface area contributed by atoms with Gasteiger partial charge in [0.1, 0.15) is 0 Å². The van der Waals surface area contributed by atoms with Gasteiger partial charge in [0.2, 0.25) is 0 Å². The summed E-state index contributed by atoms with van der Waals surface area (Å²) in [5.74, 6) is -0.902. The molecule has 2 N–H and O–H groups in total. The Morgan fingerprint density at radius 2 is 2.36 bits per heavy atom. The molecule has 0 spiro atoms. The number of nitrogens with one attached hydrogen (secondary N) is 1. The first-order valence-corrected chi connectivity index (χ1v) is 4.57. The van der Waals surface area contributed by atoms with E-state index in [-0.39, 0.29) is 11.8 Å². The number of benzene rings is 1. The van der Waals surface area contributed by atoms with E-state index in [0.717, 1.165) is 12.1 Å². The lowest BCUT2D eigenvalue weighted by Gasteiger charge is -2.24. The van der Waals surface area contributed by atoms with Gasteiger partial charge in [-0.1, -0.05) is 6.07 Å². The Balaban J connectivity index is 2.18. The van der Waals surface area contributed by atoms with E-state index in [9.17, 15) is 4.39 Å². The van der Waals surface area contributed by atoms with Crippen molar-refractivity contribution in [1.29, 1.82) is 0 Å². The number of hydrogen-bond acceptors (Lipinski definition) is 3. The highest BCUT2D eigenvalue weighted by atomic mass is 19.1. The molecule has 0 unspecified atom stereocenters. The molecule has 3 nitrogen and oxygen atoms in total. The van der Waals surface area contributed by atoms with Crippen molar-refractivity contribution < 1.29 is 14.2 Å². The number of halogens is 1. The zero-order valence-corrected chi connectivity index (χ0v) is 7.66. The lowest BCUT2D eigenvalue weighted by molar-refractivity contribution is 0.0767. The van der Waals surface area contributed by atoms with E-state index >= 15 is 0 Å². The molecular formula is C10H12FNO2. The summed E-state index contributed by atoms with van der Waals surface area (Å²) < 4.78 is 18.3. The molecule has 0 amide bonds. The smallest absolute Gasteiger partial charge is 0.165 e. The molecule has 1 aromatic rings. The standard InChI is InChI=1S/C10H12FNO2/c11-8-5-7(1-2-10(8)13)9-6-14-4-3-12-9/h1-2,5,9,12-13H,3-4,6H2/t9-/m0/s1. The summed E-state index contributed by atoms with van der Waals surface area (Å²) in [7, 11) is 0. The predicted octanol–water partition coefficient (Wildman–Crippen LogP) is 1.19. The van der Waals surface area contributed by atoms with Gasteiger partial charge in [0.15, 0.2) is 11.6 Å². The molecule has 1 aliphatic heterocycles. The zero-order valence-electron chi connectivity index (χ0n) is 7.66. The lowest BCUT2D eigenvalue weighted by atomic mass is 10.1. The van der Waals surface area contributed by atoms with Gasteiger partial charge in [-0.3, -0.25) is 0 Å². The molecule has 1 atom stereocenters. The Labute approximate surface area is 81.5 Å². The third-order valence-corrected chi connectivity index (χ3v) is 2.30. The quantitative estimate of drug-likeness (QED) is 0.710. The normalized spacial score (nSPS) is 22.2. The van der Waals surface area contributed by atoms with Crippen molar-refractivity contribution in [1.82, 2.24) is 5.32 Å². The second-order valence-electron chi connectivity index (χ2n) is 3.29. The van der Waals surface area contributed by atoms with Gasteiger partial charge in [-0.05, 0) is 17.7 Å². The summed E-state index contributed by atoms with van der Waals surface area (Å²) in [5.41, 5.74) is 0.806. The molecule has 4 heteroatoms. The first kappa shape index (κ1) is 9.43. The predicted molar refractivity (Wildman–Crippen MR) is 49.6 cm³/mol. The van der Waals surface area contributed by atoms with E-state index in [1.54, 1.807) is 6.07 Å². The number of phenols is 1. The molecule has 0 aromatic heterocycles. The Kier molecular flexibility index (Phi) is 2.65. The van der Waals surface area contributed by atoms with Gasteiger partial charge in [0.05, 0.1) is 19.3 Å². The van der Waals surface area contributed by atoms with E-state index in [2.05, 4.69) is 5.32 Å². The maximum Gasteiger partial charge on any atom is 0.165 e. The second-order valence-corrected chi connectivity index (χ2v) is 3.29. The molecule has 0 saturated carbocycles. The van der Waals surface area contributed by atoms with Crippen LogP contribution in [0.5, 0.6) is 5.75 Å². The summed E-state index contributed by atoms with van der Waals surface area (Å²) >= 11 is 0. The van der Waals surface area contributed by atoms with Crippen molar-refractivity contribution in [2.45, 2.75) is 6.04 Å². The van der Waals surface area contributed by atoms with Crippen molar-refractivity contribution in [3.63, 3.8) is 0 Å². The second kappa shape index (κ2) is 3.94. The van der Waals surface area contributed by atoms with Crippen LogP contribution in [0.15, 0.2) is 18.2 Å². The van der Waals surface area contributed by atoms with Crippen LogP contribution in [-0.2, 0) is 4.74 Å². The van der Waals surface area contributed by atoms with E-state index < -0.39 is 5.82 Å². The van der Waals surface area contributed by atoms with Crippen LogP contribution in [0.1, 0.15) is 11.6 Å². The van der Waals surface area contributed by atoms with Gasteiger partial charge in [0, 0.05) is 6.54 Å². The number of ether oxygens (including phenoxy) is 1. The van der Waals surface area contributed by atoms with Crippen molar-refractivity contribution in [3.8, 4) is 5.75 Å². The van der Waals surface area contributed by atoms with Gasteiger partial charge in [-0.15, -0.1) is 0 Å². The van der Waals surface area contributed by atoms with E-state index in [0.29, 0.717) is 13.2 Å². The largest absolute Gasteiger partial charge is 0.505 e. The highest BCUT2D eigenvalue weighted by Crippen LogP contribution is 2.21. The maximum atomic E-state index is 13.0. The van der Waals surface area contributed by atoms with Crippen molar-refractivity contribution in [3.05, 3.63) is 29.6 Å². The zero-order chi connectivity index (χ0) is 9.97. The molecule has 1 aliphatic rings. The first-order valence-electron chi connectivity index (χ1n) is 4.57. The molecule has 76 valence electrons. The van der Waals surface area contributed by atoms with E-state index in [1.165, 1.54) is 12.1 Å². The fourth-order valence-electron chi connectivity index (χ4n) is 1.52. The molecule has 0 bridgehead atoms. The first-order chi connectivity index (χ1) is 6.77. The Bertz CT molecular complexity index is 324. The molecular weight excluding hydrogens is 185 g/mol. The van der Waals surface area contributed by atoms with Crippen molar-refractivity contribution in [2.75, 3.05) is 19.8 Å². The van der Waals surface area contributed by atoms with Gasteiger partial charge in [0.25, 0.3) is 0 Å². The van der Waals surface area contributed by atoms with Crippen LogP contribution in [-0.4, -0.2) is 24.9 Å². The van der Waals surface area contributed by atoms with Crippen LogP contribution in [0.4, 0.5) is 4.39 Å². The SMILES string of the molecule is Oc1ccc([C@@H]2COCCN2)cc1F. The minimum absolute atomic E-state index is 0.0267. The molecule has 0 aliphatic carbocycles. The van der Waals surface area contributed by atoms with Gasteiger partial charge < -0.3 is 15.2 Å². The molecule has 1 fully saturated rings. The number of morpholine rings is 1. The van der Waals surface area contributed by atoms with Crippen LogP contribution in [0.3, 0.4) is 0 Å². The highest BCUT2D eigenvalue weighted by molar-refractivity contribution is 5.30. The van der Waals surface area contributed by atoms with Crippen LogP contribution >= 0.6 is 0 Å². The summed E-state index contributed by atoms with van der Waals surface area (Å²) in [6.45, 7) is 2.01. The molecule has 1 saturated heterocycles. The number of hydrogen-bond donors (Lipinski definition) is 2. The Hall–Kier alpha value is -1.13. The summed E-state index contributed by atoms with van der Waals surface area (Å²) in [5, 5.41) is 12.2. The topological polar surface area (TPSA) is 41.5 Å². The number of rotatable bonds is 1. The lowest BCUT2D eigenvalue weighted by Crippen LogP contribution is -2.34. The van der Waals surface area contributed by atoms with Crippen molar-refractivity contribution >= 4 is 0 Å². The third-order valence-electron chi connectivity index (χ3n) is 2.30. The van der Waals surface area contributed by atoms with E-state index in [4.69, 9.17) is 9.84 Å². The summed E-state index contributed by atoms with van der Waals surface area (Å²) in [4.78, 5) is 0. The maximum absolute atomic E-state index is 13.0. The monoisotopic (exact) mass is 197 g/mol. The molecule has 2 rings (SSSR count). The van der Waals surface area contributed by atoms with Gasteiger partial charge >= 0.3 is 0 Å². The highest BCUT2D eigenvalue weighted by Gasteiger charge is 2.16. The van der Waals surface area contributed by atoms with Crippen molar-refractivity contribution in [2.24, 2.45) is 0 Å². The summed E-state index contributed by atoms with van der Waals surface area (Å²) in [6.07, 6.45) is 0. The Morgan fingerprint density at radius 3 is 3.00 bits per heavy atom. The van der Waals surface area contributed by atoms with E-state index in [1.807, 2.05) is 0 Å². The molecule has 1 heterocycles. The number of phenolic OH excluding ortho intramolecular Hbond substituents is 1. The van der Waals surface area contributed by atoms with Crippen LogP contribution in [0.2, 0.25) is 0 Å². The minimum atomic E-state index is -0.588.